The highest BCUT2D eigenvalue weighted by atomic mass is 32.1. The number of anilines is 8. The third-order valence-corrected chi connectivity index (χ3v) is 23.9. The molecule has 2 atom stereocenters. The first kappa shape index (κ1) is 50.9. The molecule has 1 aromatic heterocycles. The van der Waals surface area contributed by atoms with Crippen LogP contribution in [0.15, 0.2) is 91.0 Å². The van der Waals surface area contributed by atoms with Crippen LogP contribution in [-0.4, -0.2) is 12.3 Å². The molecule has 0 N–H and O–H groups in total. The van der Waals surface area contributed by atoms with Gasteiger partial charge in [0.1, 0.15) is 0 Å². The Labute approximate surface area is 473 Å². The molecule has 0 radical (unpaired) electrons. The van der Waals surface area contributed by atoms with Gasteiger partial charge in [0.2, 0.25) is 0 Å². The maximum atomic E-state index is 2.84. The minimum Gasteiger partial charge on any atom is -0.334 e. The quantitative estimate of drug-likeness (QED) is 0.163. The molecule has 0 saturated heterocycles. The predicted octanol–water partition coefficient (Wildman–Crippen LogP) is 18.7. The Morgan fingerprint density at radius 1 is 0.423 bits per heavy atom. The smallest absolute Gasteiger partial charge is 0.264 e. The van der Waals surface area contributed by atoms with Crippen LogP contribution in [0.3, 0.4) is 0 Å². The first-order valence-corrected chi connectivity index (χ1v) is 31.1. The molecular weight excluding hydrogens is 962 g/mol. The third-order valence-electron chi connectivity index (χ3n) is 22.7. The maximum absolute atomic E-state index is 2.84. The zero-order valence-corrected chi connectivity index (χ0v) is 51.4. The molecule has 402 valence electrons. The number of nitrogens with zero attached hydrogens (tertiary/aromatic N) is 3. The molecule has 1 fully saturated rings. The molecule has 78 heavy (non-hydrogen) atoms. The Morgan fingerprint density at radius 3 is 1.49 bits per heavy atom. The van der Waals surface area contributed by atoms with E-state index in [1.54, 1.807) is 11.1 Å². The molecule has 0 bridgehead atoms. The summed E-state index contributed by atoms with van der Waals surface area (Å²) in [5.41, 5.74) is 28.8. The van der Waals surface area contributed by atoms with Gasteiger partial charge in [-0.25, -0.2) is 0 Å². The van der Waals surface area contributed by atoms with Gasteiger partial charge in [-0.15, -0.1) is 11.3 Å². The highest BCUT2D eigenvalue weighted by Crippen LogP contribution is 2.63. The highest BCUT2D eigenvalue weighted by Gasteiger charge is 2.59. The number of aryl methyl sites for hydroxylation is 3. The molecule has 5 heteroatoms. The van der Waals surface area contributed by atoms with Gasteiger partial charge >= 0.3 is 0 Å². The number of benzene rings is 6. The lowest BCUT2D eigenvalue weighted by Gasteiger charge is -2.51. The highest BCUT2D eigenvalue weighted by molar-refractivity contribution is 7.33. The summed E-state index contributed by atoms with van der Waals surface area (Å²) in [4.78, 5) is 8.36. The largest absolute Gasteiger partial charge is 0.334 e. The number of fused-ring (bicyclic) bond motifs is 12. The van der Waals surface area contributed by atoms with Gasteiger partial charge in [0.15, 0.2) is 0 Å². The van der Waals surface area contributed by atoms with Crippen molar-refractivity contribution >= 4 is 89.3 Å². The molecule has 0 spiro atoms. The lowest BCUT2D eigenvalue weighted by Crippen LogP contribution is -2.60. The van der Waals surface area contributed by atoms with E-state index in [0.29, 0.717) is 0 Å². The van der Waals surface area contributed by atoms with Crippen molar-refractivity contribution in [3.8, 4) is 0 Å². The van der Waals surface area contributed by atoms with Gasteiger partial charge in [-0.1, -0.05) is 127 Å². The van der Waals surface area contributed by atoms with Gasteiger partial charge < -0.3 is 14.7 Å². The van der Waals surface area contributed by atoms with Gasteiger partial charge in [-0.2, -0.15) is 0 Å². The summed E-state index contributed by atoms with van der Waals surface area (Å²) >= 11 is 2.09. The van der Waals surface area contributed by atoms with E-state index in [9.17, 15) is 0 Å². The van der Waals surface area contributed by atoms with Gasteiger partial charge in [0.25, 0.3) is 6.71 Å². The van der Waals surface area contributed by atoms with E-state index in [1.165, 1.54) is 180 Å². The number of hydrogen-bond acceptors (Lipinski definition) is 4. The minimum atomic E-state index is -0.0632. The fraction of sp³-hybridized carbons (Fsp3) is 0.479. The number of thiophene rings is 1. The van der Waals surface area contributed by atoms with Gasteiger partial charge in [0.05, 0.1) is 11.2 Å². The standard InChI is InChI=1S/C73H86BN3S/c1-43-34-45(3)62-58(35-43)77(73(17)27-19-18-26-72(62,73)16)48-22-25-56-57(40-48)75(46-20-23-50-52(38-46)68(8,9)30-28-66(50,4)5)59-36-44(2)37-60-63(59)74(56)65-64(49-41-54-55(42-61(49)78-65)71(14,15)33-32-70(54,12)13)76(60)47-21-24-51-53(39-47)69(10,11)31-29-67(51,6)7/h20-25,34-42H,18-19,26-33H2,1-17H3. The van der Waals surface area contributed by atoms with Crippen molar-refractivity contribution in [2.24, 2.45) is 0 Å². The van der Waals surface area contributed by atoms with Crippen molar-refractivity contribution in [2.45, 2.75) is 225 Å². The molecule has 0 amide bonds. The predicted molar refractivity (Wildman–Crippen MR) is 339 cm³/mol. The van der Waals surface area contributed by atoms with E-state index >= 15 is 0 Å². The Kier molecular flexibility index (Phi) is 10.5. The maximum Gasteiger partial charge on any atom is 0.264 e. The van der Waals surface area contributed by atoms with E-state index in [2.05, 4.69) is 235 Å². The third kappa shape index (κ3) is 6.81. The molecule has 2 unspecified atom stereocenters. The molecule has 7 aliphatic rings. The second-order valence-corrected chi connectivity index (χ2v) is 31.7. The zero-order valence-electron chi connectivity index (χ0n) is 50.6. The van der Waals surface area contributed by atoms with Crippen LogP contribution >= 0.6 is 11.3 Å². The van der Waals surface area contributed by atoms with Crippen LogP contribution < -0.4 is 30.4 Å². The van der Waals surface area contributed by atoms with E-state index in [4.69, 9.17) is 0 Å². The van der Waals surface area contributed by atoms with Crippen molar-refractivity contribution in [1.82, 2.24) is 0 Å². The van der Waals surface area contributed by atoms with Gasteiger partial charge in [-0.05, 0) is 245 Å². The number of hydrogen-bond donors (Lipinski definition) is 0. The summed E-state index contributed by atoms with van der Waals surface area (Å²) in [5, 5.41) is 1.41. The van der Waals surface area contributed by atoms with Gasteiger partial charge in [-0.3, -0.25) is 0 Å². The average molecular weight is 1050 g/mol. The summed E-state index contributed by atoms with van der Waals surface area (Å²) in [7, 11) is 0. The molecule has 3 nitrogen and oxygen atoms in total. The lowest BCUT2D eigenvalue weighted by atomic mass is 9.36. The first-order chi connectivity index (χ1) is 36.6. The molecule has 14 rings (SSSR count). The zero-order chi connectivity index (χ0) is 55.0. The van der Waals surface area contributed by atoms with E-state index in [-0.39, 0.29) is 50.2 Å². The normalized spacial score (nSPS) is 24.8. The van der Waals surface area contributed by atoms with Crippen LogP contribution in [0.2, 0.25) is 0 Å². The SMILES string of the molecule is Cc1cc2c3c(c1)N(c1ccc4c(c1)C(C)(C)CCC4(C)C)c1c(sc4cc5c(cc14)C(C)(C)CCC5(C)C)B3c1ccc(N3c4cc(C)cc(C)c4C4(C)CCCCC34C)cc1N2c1ccc2c(c1)C(C)(C)CCC2(C)C. The van der Waals surface area contributed by atoms with Crippen molar-refractivity contribution < 1.29 is 0 Å². The fourth-order valence-corrected chi connectivity index (χ4v) is 18.9. The molecule has 3 aliphatic heterocycles. The lowest BCUT2D eigenvalue weighted by molar-refractivity contribution is 0.194. The molecule has 6 aromatic carbocycles. The van der Waals surface area contributed by atoms with Crippen LogP contribution in [0.5, 0.6) is 0 Å². The van der Waals surface area contributed by atoms with E-state index in [0.717, 1.165) is 0 Å². The summed E-state index contributed by atoms with van der Waals surface area (Å²) in [6.07, 6.45) is 12.1. The fourth-order valence-electron chi connectivity index (χ4n) is 17.6. The molecule has 4 aliphatic carbocycles. The Hall–Kier alpha value is -5.26. The summed E-state index contributed by atoms with van der Waals surface area (Å²) in [6.45, 7) is 42.2. The second-order valence-electron chi connectivity index (χ2n) is 30.7. The molecule has 4 heterocycles. The summed E-state index contributed by atoms with van der Waals surface area (Å²) in [6, 6.07) is 38.6. The van der Waals surface area contributed by atoms with Crippen LogP contribution in [-0.2, 0) is 37.9 Å². The summed E-state index contributed by atoms with van der Waals surface area (Å²) in [5.74, 6) is 0. The van der Waals surface area contributed by atoms with Crippen LogP contribution in [0.25, 0.3) is 10.1 Å². The second kappa shape index (κ2) is 16.0. The Bertz CT molecular complexity index is 3770. The average Bonchev–Trinajstić information content (AvgIpc) is 3.46. The Morgan fingerprint density at radius 2 is 0.897 bits per heavy atom. The number of rotatable bonds is 3. The Balaban J connectivity index is 1.09. The van der Waals surface area contributed by atoms with Gasteiger partial charge in [0, 0.05) is 60.1 Å². The topological polar surface area (TPSA) is 9.72 Å². The van der Waals surface area contributed by atoms with Crippen molar-refractivity contribution in [1.29, 1.82) is 0 Å². The molecular formula is C73H86BN3S. The summed E-state index contributed by atoms with van der Waals surface area (Å²) < 4.78 is 2.90. The first-order valence-electron chi connectivity index (χ1n) is 30.3. The van der Waals surface area contributed by atoms with Crippen molar-refractivity contribution in [3.63, 3.8) is 0 Å². The van der Waals surface area contributed by atoms with Crippen LogP contribution in [0.4, 0.5) is 45.5 Å². The van der Waals surface area contributed by atoms with E-state index < -0.39 is 0 Å². The van der Waals surface area contributed by atoms with Crippen LogP contribution in [0.1, 0.15) is 217 Å². The minimum absolute atomic E-state index is 0.0458. The van der Waals surface area contributed by atoms with Crippen molar-refractivity contribution in [2.75, 3.05) is 14.7 Å². The molecule has 1 saturated carbocycles. The van der Waals surface area contributed by atoms with Crippen molar-refractivity contribution in [3.05, 3.63) is 147 Å². The van der Waals surface area contributed by atoms with E-state index in [1.807, 2.05) is 0 Å². The van der Waals surface area contributed by atoms with Crippen LogP contribution in [0, 0.1) is 20.8 Å². The monoisotopic (exact) mass is 1050 g/mol. The molecule has 7 aromatic rings.